The van der Waals surface area contributed by atoms with Crippen LogP contribution in [0.25, 0.3) is 11.0 Å². The van der Waals surface area contributed by atoms with Gasteiger partial charge in [0.2, 0.25) is 10.9 Å². The summed E-state index contributed by atoms with van der Waals surface area (Å²) in [4.78, 5) is 28.8. The predicted molar refractivity (Wildman–Crippen MR) is 127 cm³/mol. The molecule has 1 aliphatic rings. The van der Waals surface area contributed by atoms with Crippen LogP contribution in [0.2, 0.25) is 0 Å². The molecule has 0 saturated heterocycles. The lowest BCUT2D eigenvalue weighted by Crippen LogP contribution is -2.29. The van der Waals surface area contributed by atoms with Gasteiger partial charge in [0.25, 0.3) is 5.91 Å². The zero-order valence-electron chi connectivity index (χ0n) is 18.8. The van der Waals surface area contributed by atoms with Crippen LogP contribution in [0.5, 0.6) is 5.75 Å². The smallest absolute Gasteiger partial charge is 0.297 e. The molecule has 0 radical (unpaired) electrons. The topological polar surface area (TPSA) is 85.5 Å². The monoisotopic (exact) mass is 461 g/mol. The van der Waals surface area contributed by atoms with Crippen molar-refractivity contribution < 1.29 is 13.9 Å². The van der Waals surface area contributed by atoms with Crippen LogP contribution in [0.4, 0.5) is 5.13 Å². The van der Waals surface area contributed by atoms with Crippen molar-refractivity contribution in [1.82, 2.24) is 10.2 Å². The summed E-state index contributed by atoms with van der Waals surface area (Å²) in [6.45, 7) is 6.13. The van der Waals surface area contributed by atoms with Crippen molar-refractivity contribution in [3.8, 4) is 5.75 Å². The number of rotatable bonds is 5. The van der Waals surface area contributed by atoms with E-state index in [1.807, 2.05) is 37.3 Å². The van der Waals surface area contributed by atoms with Crippen molar-refractivity contribution in [2.24, 2.45) is 5.92 Å². The number of fused-ring (bicyclic) bond motifs is 2. The van der Waals surface area contributed by atoms with Crippen molar-refractivity contribution in [1.29, 1.82) is 0 Å². The van der Waals surface area contributed by atoms with Gasteiger partial charge in [0, 0.05) is 6.42 Å². The predicted octanol–water partition coefficient (Wildman–Crippen LogP) is 4.91. The Hall–Kier alpha value is -3.52. The van der Waals surface area contributed by atoms with Crippen molar-refractivity contribution in [3.63, 3.8) is 0 Å². The molecule has 8 heteroatoms. The minimum atomic E-state index is -0.691. The van der Waals surface area contributed by atoms with Gasteiger partial charge >= 0.3 is 0 Å². The van der Waals surface area contributed by atoms with Crippen LogP contribution < -0.4 is 15.1 Å². The summed E-state index contributed by atoms with van der Waals surface area (Å²) >= 11 is 1.36. The van der Waals surface area contributed by atoms with E-state index in [0.717, 1.165) is 22.6 Å². The number of amides is 1. The number of carbonyl (C=O) groups is 1. The Balaban J connectivity index is 1.75. The third kappa shape index (κ3) is 3.60. The summed E-state index contributed by atoms with van der Waals surface area (Å²) < 4.78 is 11.4. The number of ether oxygens (including phenoxy) is 1. The van der Waals surface area contributed by atoms with Crippen LogP contribution in [0.3, 0.4) is 0 Å². The van der Waals surface area contributed by atoms with Crippen molar-refractivity contribution in [2.75, 3.05) is 12.0 Å². The van der Waals surface area contributed by atoms with E-state index in [0.29, 0.717) is 33.3 Å². The summed E-state index contributed by atoms with van der Waals surface area (Å²) in [7, 11) is 1.58. The molecule has 3 heterocycles. The standard InChI is InChI=1S/C25H23N3O4S/c1-13(2)10-19-26-27-25(33-19)28-21(15-6-5-7-16(12-15)31-4)20-22(29)17-11-14(3)8-9-18(17)32-23(20)24(28)30/h5-9,11-13,21H,10H2,1-4H3. The average Bonchev–Trinajstić information content (AvgIpc) is 3.36. The number of benzene rings is 2. The normalized spacial score (nSPS) is 15.5. The second-order valence-electron chi connectivity index (χ2n) is 8.60. The van der Waals surface area contributed by atoms with Gasteiger partial charge in [0.15, 0.2) is 5.43 Å². The molecule has 0 fully saturated rings. The molecule has 2 aromatic carbocycles. The lowest BCUT2D eigenvalue weighted by molar-refractivity contribution is 0.0970. The largest absolute Gasteiger partial charge is 0.497 e. The quantitative estimate of drug-likeness (QED) is 0.420. The highest BCUT2D eigenvalue weighted by molar-refractivity contribution is 7.15. The summed E-state index contributed by atoms with van der Waals surface area (Å²) in [5, 5.41) is 10.3. The molecule has 0 saturated carbocycles. The molecule has 1 amide bonds. The SMILES string of the molecule is COc1cccc(C2c3c(oc4ccc(C)cc4c3=O)C(=O)N2c2nnc(CC(C)C)s2)c1. The van der Waals surface area contributed by atoms with E-state index < -0.39 is 11.9 Å². The first kappa shape index (κ1) is 21.3. The van der Waals surface area contributed by atoms with Gasteiger partial charge in [-0.3, -0.25) is 14.5 Å². The second kappa shape index (κ2) is 8.12. The molecule has 168 valence electrons. The lowest BCUT2D eigenvalue weighted by atomic mass is 9.98. The summed E-state index contributed by atoms with van der Waals surface area (Å²) in [6, 6.07) is 12.1. The molecule has 5 rings (SSSR count). The van der Waals surface area contributed by atoms with Gasteiger partial charge < -0.3 is 9.15 Å². The fourth-order valence-electron chi connectivity index (χ4n) is 4.18. The number of hydrogen-bond acceptors (Lipinski definition) is 7. The Morgan fingerprint density at radius 1 is 1.15 bits per heavy atom. The Kier molecular flexibility index (Phi) is 5.25. The maximum Gasteiger partial charge on any atom is 0.297 e. The van der Waals surface area contributed by atoms with E-state index in [2.05, 4.69) is 24.0 Å². The number of hydrogen-bond donors (Lipinski definition) is 0. The first-order valence-corrected chi connectivity index (χ1v) is 11.6. The van der Waals surface area contributed by atoms with E-state index in [1.165, 1.54) is 16.2 Å². The number of methoxy groups -OCH3 is 1. The minimum Gasteiger partial charge on any atom is -0.497 e. The molecule has 0 spiro atoms. The molecule has 2 aromatic heterocycles. The van der Waals surface area contributed by atoms with Gasteiger partial charge in [-0.2, -0.15) is 0 Å². The first-order chi connectivity index (χ1) is 15.9. The number of carbonyl (C=O) groups excluding carboxylic acids is 1. The number of aromatic nitrogens is 2. The van der Waals surface area contributed by atoms with E-state index in [9.17, 15) is 9.59 Å². The fourth-order valence-corrected chi connectivity index (χ4v) is 5.26. The average molecular weight is 462 g/mol. The fraction of sp³-hybridized carbons (Fsp3) is 0.280. The number of aryl methyl sites for hydroxylation is 1. The highest BCUT2D eigenvalue weighted by atomic mass is 32.1. The Morgan fingerprint density at radius 2 is 1.97 bits per heavy atom. The highest BCUT2D eigenvalue weighted by Gasteiger charge is 2.45. The maximum absolute atomic E-state index is 13.7. The van der Waals surface area contributed by atoms with Crippen LogP contribution in [0.1, 0.15) is 52.1 Å². The van der Waals surface area contributed by atoms with Crippen LogP contribution in [-0.4, -0.2) is 23.2 Å². The molecule has 0 aliphatic carbocycles. The van der Waals surface area contributed by atoms with Crippen LogP contribution in [-0.2, 0) is 6.42 Å². The third-order valence-electron chi connectivity index (χ3n) is 5.68. The molecule has 1 atom stereocenters. The Labute approximate surface area is 194 Å². The molecule has 33 heavy (non-hydrogen) atoms. The van der Waals surface area contributed by atoms with E-state index in [-0.39, 0.29) is 11.2 Å². The van der Waals surface area contributed by atoms with Gasteiger partial charge in [-0.15, -0.1) is 10.2 Å². The van der Waals surface area contributed by atoms with Gasteiger partial charge in [-0.1, -0.05) is 48.9 Å². The molecular weight excluding hydrogens is 438 g/mol. The third-order valence-corrected chi connectivity index (χ3v) is 6.63. The van der Waals surface area contributed by atoms with Crippen LogP contribution >= 0.6 is 11.3 Å². The number of nitrogens with zero attached hydrogens (tertiary/aromatic N) is 3. The lowest BCUT2D eigenvalue weighted by Gasteiger charge is -2.22. The molecule has 1 unspecified atom stereocenters. The Morgan fingerprint density at radius 3 is 2.73 bits per heavy atom. The van der Waals surface area contributed by atoms with Crippen molar-refractivity contribution in [3.05, 3.63) is 80.1 Å². The van der Waals surface area contributed by atoms with Crippen molar-refractivity contribution in [2.45, 2.75) is 33.2 Å². The van der Waals surface area contributed by atoms with Crippen LogP contribution in [0.15, 0.2) is 51.7 Å². The Bertz CT molecular complexity index is 1440. The molecule has 1 aliphatic heterocycles. The van der Waals surface area contributed by atoms with Crippen LogP contribution in [0, 0.1) is 12.8 Å². The molecule has 0 bridgehead atoms. The van der Waals surface area contributed by atoms with E-state index in [4.69, 9.17) is 9.15 Å². The van der Waals surface area contributed by atoms with Crippen molar-refractivity contribution >= 4 is 33.3 Å². The second-order valence-corrected chi connectivity index (χ2v) is 9.64. The van der Waals surface area contributed by atoms with E-state index >= 15 is 0 Å². The molecular formula is C25H23N3O4S. The van der Waals surface area contributed by atoms with Gasteiger partial charge in [-0.05, 0) is 42.7 Å². The van der Waals surface area contributed by atoms with E-state index in [1.54, 1.807) is 19.2 Å². The first-order valence-electron chi connectivity index (χ1n) is 10.7. The minimum absolute atomic E-state index is 0.0461. The highest BCUT2D eigenvalue weighted by Crippen LogP contribution is 2.42. The van der Waals surface area contributed by atoms with Gasteiger partial charge in [0.05, 0.1) is 24.1 Å². The van der Waals surface area contributed by atoms with Gasteiger partial charge in [0.1, 0.15) is 16.3 Å². The van der Waals surface area contributed by atoms with Gasteiger partial charge in [-0.25, -0.2) is 0 Å². The maximum atomic E-state index is 13.7. The summed E-state index contributed by atoms with van der Waals surface area (Å²) in [5.41, 5.74) is 2.16. The number of anilines is 1. The zero-order valence-corrected chi connectivity index (χ0v) is 19.6. The molecule has 7 nitrogen and oxygen atoms in total. The zero-order chi connectivity index (χ0) is 23.3. The molecule has 0 N–H and O–H groups in total. The summed E-state index contributed by atoms with van der Waals surface area (Å²) in [5.74, 6) is 0.685. The summed E-state index contributed by atoms with van der Waals surface area (Å²) in [6.07, 6.45) is 0.761. The molecule has 4 aromatic rings.